The van der Waals surface area contributed by atoms with Crippen molar-refractivity contribution in [2.45, 2.75) is 18.7 Å². The van der Waals surface area contributed by atoms with Gasteiger partial charge in [-0.05, 0) is 30.3 Å². The minimum Gasteiger partial charge on any atom is -0.423 e. The maximum Gasteiger partial charge on any atom is 0.345 e. The largest absolute Gasteiger partial charge is 0.423 e. The molecule has 0 aliphatic heterocycles. The lowest BCUT2D eigenvalue weighted by Crippen LogP contribution is -2.30. The van der Waals surface area contributed by atoms with E-state index in [9.17, 15) is 13.2 Å². The summed E-state index contributed by atoms with van der Waals surface area (Å²) in [6.07, 6.45) is 0. The molecule has 0 atom stereocenters. The van der Waals surface area contributed by atoms with Crippen molar-refractivity contribution < 1.29 is 17.9 Å². The molecule has 0 heterocycles. The summed E-state index contributed by atoms with van der Waals surface area (Å²) in [5.41, 5.74) is -0.0639. The first kappa shape index (κ1) is 21.0. The molecule has 2 rings (SSSR count). The highest BCUT2D eigenvalue weighted by Gasteiger charge is 2.24. The van der Waals surface area contributed by atoms with E-state index in [0.29, 0.717) is 18.1 Å². The number of carbonyl (C=O) groups excluding carboxylic acids is 1. The first-order valence-corrected chi connectivity index (χ1v) is 10.2. The van der Waals surface area contributed by atoms with Crippen LogP contribution in [0.3, 0.4) is 0 Å². The molecule has 5 nitrogen and oxygen atoms in total. The van der Waals surface area contributed by atoms with E-state index in [1.807, 2.05) is 0 Å². The minimum atomic E-state index is -3.73. The summed E-state index contributed by atoms with van der Waals surface area (Å²) >= 11 is 17.8. The second kappa shape index (κ2) is 8.59. The van der Waals surface area contributed by atoms with Crippen molar-refractivity contribution in [1.82, 2.24) is 4.31 Å². The second-order valence-electron chi connectivity index (χ2n) is 5.20. The average Bonchev–Trinajstić information content (AvgIpc) is 2.59. The number of nitrogens with zero attached hydrogens (tertiary/aromatic N) is 1. The summed E-state index contributed by atoms with van der Waals surface area (Å²) in [6.45, 7) is 4.09. The number of benzene rings is 2. The third kappa shape index (κ3) is 4.50. The van der Waals surface area contributed by atoms with Gasteiger partial charge in [0.05, 0.1) is 25.5 Å². The van der Waals surface area contributed by atoms with Crippen LogP contribution in [0.25, 0.3) is 0 Å². The molecule has 0 saturated heterocycles. The first-order valence-electron chi connectivity index (χ1n) is 7.67. The van der Waals surface area contributed by atoms with Gasteiger partial charge in [0.2, 0.25) is 10.0 Å². The number of halogens is 3. The maximum atomic E-state index is 12.6. The highest BCUT2D eigenvalue weighted by atomic mass is 35.5. The Kier molecular flexibility index (Phi) is 6.93. The van der Waals surface area contributed by atoms with E-state index in [-0.39, 0.29) is 26.3 Å². The van der Waals surface area contributed by atoms with Crippen molar-refractivity contribution in [2.24, 2.45) is 0 Å². The van der Waals surface area contributed by atoms with Crippen LogP contribution in [-0.4, -0.2) is 31.8 Å². The molecule has 0 amide bonds. The van der Waals surface area contributed by atoms with Crippen LogP contribution in [-0.2, 0) is 10.0 Å². The quantitative estimate of drug-likeness (QED) is 0.477. The third-order valence-electron chi connectivity index (χ3n) is 3.60. The molecule has 140 valence electrons. The van der Waals surface area contributed by atoms with Gasteiger partial charge in [0.1, 0.15) is 5.75 Å². The zero-order chi connectivity index (χ0) is 19.5. The van der Waals surface area contributed by atoms with E-state index >= 15 is 0 Å². The van der Waals surface area contributed by atoms with Crippen LogP contribution in [0.5, 0.6) is 5.75 Å². The average molecular weight is 437 g/mol. The predicted octanol–water partition coefficient (Wildman–Crippen LogP) is 4.90. The number of carbonyl (C=O) groups is 1. The highest BCUT2D eigenvalue weighted by molar-refractivity contribution is 7.89. The van der Waals surface area contributed by atoms with Crippen molar-refractivity contribution >= 4 is 50.8 Å². The van der Waals surface area contributed by atoms with Crippen LogP contribution < -0.4 is 4.74 Å². The molecule has 0 radical (unpaired) electrons. The van der Waals surface area contributed by atoms with Crippen LogP contribution in [0.1, 0.15) is 24.2 Å². The Morgan fingerprint density at radius 3 is 2.15 bits per heavy atom. The van der Waals surface area contributed by atoms with E-state index in [2.05, 4.69) is 0 Å². The van der Waals surface area contributed by atoms with Crippen LogP contribution in [0.4, 0.5) is 0 Å². The van der Waals surface area contributed by atoms with Crippen molar-refractivity contribution in [3.8, 4) is 5.75 Å². The molecule has 0 aliphatic rings. The Morgan fingerprint density at radius 1 is 0.962 bits per heavy atom. The van der Waals surface area contributed by atoms with Gasteiger partial charge in [0.15, 0.2) is 0 Å². The molecule has 2 aromatic carbocycles. The van der Waals surface area contributed by atoms with Crippen LogP contribution in [0.15, 0.2) is 41.3 Å². The Morgan fingerprint density at radius 2 is 1.58 bits per heavy atom. The number of hydrogen-bond acceptors (Lipinski definition) is 4. The standard InChI is InChI=1S/C17H16Cl3NO4S/c1-3-21(4-2)26(23,24)12-6-8-14(18)13(10-12)17(22)25-11-5-7-15(19)16(20)9-11/h5-10H,3-4H2,1-2H3. The van der Waals surface area contributed by atoms with Gasteiger partial charge in [-0.2, -0.15) is 4.31 Å². The van der Waals surface area contributed by atoms with Gasteiger partial charge < -0.3 is 4.74 Å². The molecule has 0 aromatic heterocycles. The van der Waals surface area contributed by atoms with Crippen molar-refractivity contribution in [3.63, 3.8) is 0 Å². The molecule has 0 saturated carbocycles. The second-order valence-corrected chi connectivity index (χ2v) is 8.36. The van der Waals surface area contributed by atoms with Crippen LogP contribution in [0, 0.1) is 0 Å². The van der Waals surface area contributed by atoms with Gasteiger partial charge in [0, 0.05) is 19.2 Å². The normalized spacial score (nSPS) is 11.6. The van der Waals surface area contributed by atoms with Crippen molar-refractivity contribution in [3.05, 3.63) is 57.0 Å². The van der Waals surface area contributed by atoms with Gasteiger partial charge >= 0.3 is 5.97 Å². The van der Waals surface area contributed by atoms with E-state index in [0.717, 1.165) is 0 Å². The minimum absolute atomic E-state index is 0.0355. The van der Waals surface area contributed by atoms with E-state index in [4.69, 9.17) is 39.5 Å². The van der Waals surface area contributed by atoms with E-state index < -0.39 is 16.0 Å². The van der Waals surface area contributed by atoms with Crippen molar-refractivity contribution in [1.29, 1.82) is 0 Å². The summed E-state index contributed by atoms with van der Waals surface area (Å²) in [4.78, 5) is 12.4. The van der Waals surface area contributed by atoms with Gasteiger partial charge in [0.25, 0.3) is 0 Å². The SMILES string of the molecule is CCN(CC)S(=O)(=O)c1ccc(Cl)c(C(=O)Oc2ccc(Cl)c(Cl)c2)c1. The molecule has 0 spiro atoms. The number of sulfonamides is 1. The molecule has 9 heteroatoms. The zero-order valence-corrected chi connectivity index (χ0v) is 17.1. The highest BCUT2D eigenvalue weighted by Crippen LogP contribution is 2.28. The summed E-state index contributed by atoms with van der Waals surface area (Å²) in [7, 11) is -3.73. The Labute approximate surface area is 167 Å². The van der Waals surface area contributed by atoms with Gasteiger partial charge in [-0.3, -0.25) is 0 Å². The molecule has 0 aliphatic carbocycles. The van der Waals surface area contributed by atoms with Gasteiger partial charge in [-0.15, -0.1) is 0 Å². The molecule has 0 fully saturated rings. The first-order chi connectivity index (χ1) is 12.2. The molecular formula is C17H16Cl3NO4S. The summed E-state index contributed by atoms with van der Waals surface area (Å²) in [6, 6.07) is 8.24. The predicted molar refractivity (Wildman–Crippen MR) is 103 cm³/mol. The number of ether oxygens (including phenoxy) is 1. The topological polar surface area (TPSA) is 63.7 Å². The summed E-state index contributed by atoms with van der Waals surface area (Å²) in [5.74, 6) is -0.637. The summed E-state index contributed by atoms with van der Waals surface area (Å²) < 4.78 is 31.7. The Bertz CT molecular complexity index is 928. The van der Waals surface area contributed by atoms with Gasteiger partial charge in [-0.25, -0.2) is 13.2 Å². The number of rotatable bonds is 6. The monoisotopic (exact) mass is 435 g/mol. The fourth-order valence-corrected chi connectivity index (χ4v) is 4.20. The smallest absolute Gasteiger partial charge is 0.345 e. The lowest BCUT2D eigenvalue weighted by atomic mass is 10.2. The van der Waals surface area contributed by atoms with Crippen molar-refractivity contribution in [2.75, 3.05) is 13.1 Å². The fourth-order valence-electron chi connectivity index (χ4n) is 2.24. The lowest BCUT2D eigenvalue weighted by molar-refractivity contribution is 0.0734. The fraction of sp³-hybridized carbons (Fsp3) is 0.235. The molecular weight excluding hydrogens is 421 g/mol. The molecule has 0 bridgehead atoms. The van der Waals surface area contributed by atoms with Crippen LogP contribution >= 0.6 is 34.8 Å². The molecule has 0 N–H and O–H groups in total. The van der Waals surface area contributed by atoms with Gasteiger partial charge in [-0.1, -0.05) is 48.7 Å². The maximum absolute atomic E-state index is 12.6. The molecule has 0 unspecified atom stereocenters. The Balaban J connectivity index is 2.37. The van der Waals surface area contributed by atoms with E-state index in [1.165, 1.54) is 40.7 Å². The number of hydrogen-bond donors (Lipinski definition) is 0. The number of esters is 1. The summed E-state index contributed by atoms with van der Waals surface area (Å²) in [5, 5.41) is 0.617. The third-order valence-corrected chi connectivity index (χ3v) is 6.72. The zero-order valence-electron chi connectivity index (χ0n) is 14.0. The Hall–Kier alpha value is -1.31. The molecule has 2 aromatic rings. The van der Waals surface area contributed by atoms with Crippen LogP contribution in [0.2, 0.25) is 15.1 Å². The lowest BCUT2D eigenvalue weighted by Gasteiger charge is -2.19. The molecule has 26 heavy (non-hydrogen) atoms. The van der Waals surface area contributed by atoms with E-state index in [1.54, 1.807) is 13.8 Å².